The number of hydrazone groups is 1. The van der Waals surface area contributed by atoms with E-state index in [-0.39, 0.29) is 16.4 Å². The number of benzene rings is 2. The molecule has 3 rings (SSSR count). The number of phenols is 1. The highest BCUT2D eigenvalue weighted by molar-refractivity contribution is 7.80. The third-order valence-corrected chi connectivity index (χ3v) is 4.58. The Balaban J connectivity index is 1.77. The number of rotatable bonds is 4. The average molecular weight is 416 g/mol. The fourth-order valence-corrected chi connectivity index (χ4v) is 2.98. The molecule has 1 heterocycles. The summed E-state index contributed by atoms with van der Waals surface area (Å²) in [6.45, 7) is 1.82. The van der Waals surface area contributed by atoms with Gasteiger partial charge in [-0.25, -0.2) is 4.68 Å². The first-order valence-electron chi connectivity index (χ1n) is 8.31. The van der Waals surface area contributed by atoms with E-state index in [1.54, 1.807) is 28.5 Å². The number of hydrogen-bond acceptors (Lipinski definition) is 4. The summed E-state index contributed by atoms with van der Waals surface area (Å²) >= 11 is 11.1. The molecule has 144 valence electrons. The van der Waals surface area contributed by atoms with Crippen LogP contribution >= 0.6 is 23.8 Å². The molecule has 0 aliphatic heterocycles. The quantitative estimate of drug-likeness (QED) is 0.346. The van der Waals surface area contributed by atoms with Crippen molar-refractivity contribution in [3.05, 3.63) is 75.2 Å². The van der Waals surface area contributed by atoms with Gasteiger partial charge in [0.25, 0.3) is 5.56 Å². The molecule has 9 heteroatoms. The molecule has 3 N–H and O–H groups in total. The Labute approximate surface area is 171 Å². The van der Waals surface area contributed by atoms with Gasteiger partial charge in [0.15, 0.2) is 5.11 Å². The SMILES string of the molecule is Cc1c(NC(=S)N/N=C/c2cc(Cl)ccc2O)c(=O)n(-c2ccccc2)n1C. The van der Waals surface area contributed by atoms with Crippen molar-refractivity contribution in [3.8, 4) is 11.4 Å². The predicted molar refractivity (Wildman–Crippen MR) is 116 cm³/mol. The summed E-state index contributed by atoms with van der Waals surface area (Å²) < 4.78 is 3.30. The Morgan fingerprint density at radius 3 is 2.68 bits per heavy atom. The minimum Gasteiger partial charge on any atom is -0.507 e. The summed E-state index contributed by atoms with van der Waals surface area (Å²) in [5.74, 6) is 0.0403. The molecule has 28 heavy (non-hydrogen) atoms. The van der Waals surface area contributed by atoms with Crippen LogP contribution in [-0.4, -0.2) is 25.8 Å². The highest BCUT2D eigenvalue weighted by atomic mass is 35.5. The molecule has 0 aliphatic carbocycles. The molecule has 0 radical (unpaired) electrons. The van der Waals surface area contributed by atoms with E-state index >= 15 is 0 Å². The predicted octanol–water partition coefficient (Wildman–Crippen LogP) is 3.16. The van der Waals surface area contributed by atoms with E-state index in [2.05, 4.69) is 15.8 Å². The molecule has 0 saturated carbocycles. The van der Waals surface area contributed by atoms with Crippen molar-refractivity contribution in [2.24, 2.45) is 12.1 Å². The molecule has 0 unspecified atom stereocenters. The number of nitrogens with one attached hydrogen (secondary N) is 2. The van der Waals surface area contributed by atoms with Gasteiger partial charge in [-0.2, -0.15) is 5.10 Å². The minimum absolute atomic E-state index is 0.0403. The fraction of sp³-hybridized carbons (Fsp3) is 0.105. The highest BCUT2D eigenvalue weighted by Crippen LogP contribution is 2.19. The van der Waals surface area contributed by atoms with Crippen molar-refractivity contribution in [2.45, 2.75) is 6.92 Å². The van der Waals surface area contributed by atoms with Gasteiger partial charge < -0.3 is 10.4 Å². The van der Waals surface area contributed by atoms with Crippen molar-refractivity contribution in [1.82, 2.24) is 14.8 Å². The van der Waals surface area contributed by atoms with Gasteiger partial charge in [0.05, 0.1) is 17.6 Å². The Kier molecular flexibility index (Phi) is 5.81. The fourth-order valence-electron chi connectivity index (χ4n) is 2.64. The Morgan fingerprint density at radius 2 is 1.96 bits per heavy atom. The number of para-hydroxylation sites is 1. The molecule has 7 nitrogen and oxygen atoms in total. The zero-order valence-corrected chi connectivity index (χ0v) is 16.8. The number of thiocarbonyl (C=S) groups is 1. The van der Waals surface area contributed by atoms with Gasteiger partial charge in [-0.1, -0.05) is 29.8 Å². The minimum atomic E-state index is -0.230. The Hall–Kier alpha value is -3.10. The lowest BCUT2D eigenvalue weighted by atomic mass is 10.2. The van der Waals surface area contributed by atoms with Crippen molar-refractivity contribution in [2.75, 3.05) is 5.32 Å². The van der Waals surface area contributed by atoms with Crippen LogP contribution in [0.25, 0.3) is 5.69 Å². The number of phenolic OH excluding ortho intramolecular Hbond substituents is 1. The van der Waals surface area contributed by atoms with E-state index in [0.717, 1.165) is 11.4 Å². The number of anilines is 1. The maximum absolute atomic E-state index is 12.8. The lowest BCUT2D eigenvalue weighted by molar-refractivity contribution is 0.474. The Bertz CT molecular complexity index is 1110. The maximum atomic E-state index is 12.8. The van der Waals surface area contributed by atoms with Crippen LogP contribution in [0.1, 0.15) is 11.3 Å². The molecule has 1 aromatic heterocycles. The van der Waals surface area contributed by atoms with Gasteiger partial charge in [0.1, 0.15) is 11.4 Å². The zero-order chi connectivity index (χ0) is 20.3. The van der Waals surface area contributed by atoms with Crippen molar-refractivity contribution in [3.63, 3.8) is 0 Å². The van der Waals surface area contributed by atoms with Crippen molar-refractivity contribution < 1.29 is 5.11 Å². The molecule has 0 atom stereocenters. The lowest BCUT2D eigenvalue weighted by Gasteiger charge is -2.07. The maximum Gasteiger partial charge on any atom is 0.295 e. The summed E-state index contributed by atoms with van der Waals surface area (Å²) in [6.07, 6.45) is 1.38. The second kappa shape index (κ2) is 8.28. The van der Waals surface area contributed by atoms with E-state index in [4.69, 9.17) is 23.8 Å². The van der Waals surface area contributed by atoms with Crippen LogP contribution in [0.2, 0.25) is 5.02 Å². The molecule has 0 bridgehead atoms. The van der Waals surface area contributed by atoms with Crippen LogP contribution in [0.15, 0.2) is 58.4 Å². The number of hydrogen-bond donors (Lipinski definition) is 3. The topological polar surface area (TPSA) is 83.6 Å². The van der Waals surface area contributed by atoms with Gasteiger partial charge in [-0.3, -0.25) is 14.9 Å². The molecule has 3 aromatic rings. The van der Waals surface area contributed by atoms with Crippen LogP contribution in [0.5, 0.6) is 5.75 Å². The Morgan fingerprint density at radius 1 is 1.25 bits per heavy atom. The van der Waals surface area contributed by atoms with Gasteiger partial charge >= 0.3 is 0 Å². The van der Waals surface area contributed by atoms with Gasteiger partial charge in [-0.05, 0) is 49.5 Å². The monoisotopic (exact) mass is 415 g/mol. The number of nitrogens with zero attached hydrogens (tertiary/aromatic N) is 3. The summed E-state index contributed by atoms with van der Waals surface area (Å²) in [4.78, 5) is 12.8. The standard InChI is InChI=1S/C19H18ClN5O2S/c1-12-17(18(27)25(24(12)2)15-6-4-3-5-7-15)22-19(28)23-21-11-13-10-14(20)8-9-16(13)26/h3-11,26H,1-2H3,(H2,22,23,28)/b21-11+. The first-order chi connectivity index (χ1) is 13.4. The molecule has 0 saturated heterocycles. The van der Waals surface area contributed by atoms with Crippen LogP contribution < -0.4 is 16.3 Å². The third-order valence-electron chi connectivity index (χ3n) is 4.15. The van der Waals surface area contributed by atoms with Crippen LogP contribution in [-0.2, 0) is 7.05 Å². The average Bonchev–Trinajstić information content (AvgIpc) is 2.88. The van der Waals surface area contributed by atoms with Crippen LogP contribution in [0.3, 0.4) is 0 Å². The van der Waals surface area contributed by atoms with Gasteiger partial charge in [0.2, 0.25) is 0 Å². The van der Waals surface area contributed by atoms with Crippen LogP contribution in [0, 0.1) is 6.92 Å². The highest BCUT2D eigenvalue weighted by Gasteiger charge is 2.16. The first kappa shape index (κ1) is 19.7. The molecule has 2 aromatic carbocycles. The molecular weight excluding hydrogens is 398 g/mol. The molecule has 0 spiro atoms. The zero-order valence-electron chi connectivity index (χ0n) is 15.2. The van der Waals surface area contributed by atoms with Gasteiger partial charge in [0, 0.05) is 17.6 Å². The summed E-state index contributed by atoms with van der Waals surface area (Å²) in [6, 6.07) is 13.9. The third kappa shape index (κ3) is 4.08. The van der Waals surface area contributed by atoms with Gasteiger partial charge in [-0.15, -0.1) is 0 Å². The van der Waals surface area contributed by atoms with E-state index in [1.165, 1.54) is 12.3 Å². The first-order valence-corrected chi connectivity index (χ1v) is 9.09. The largest absolute Gasteiger partial charge is 0.507 e. The normalized spacial score (nSPS) is 11.0. The summed E-state index contributed by atoms with van der Waals surface area (Å²) in [5.41, 5.74) is 4.65. The van der Waals surface area contributed by atoms with E-state index in [0.29, 0.717) is 16.3 Å². The second-order valence-corrected chi connectivity index (χ2v) is 6.81. The number of aromatic nitrogens is 2. The summed E-state index contributed by atoms with van der Waals surface area (Å²) in [5, 5.41) is 17.3. The smallest absolute Gasteiger partial charge is 0.295 e. The second-order valence-electron chi connectivity index (χ2n) is 5.96. The van der Waals surface area contributed by atoms with Crippen molar-refractivity contribution in [1.29, 1.82) is 0 Å². The van der Waals surface area contributed by atoms with E-state index in [1.807, 2.05) is 37.3 Å². The van der Waals surface area contributed by atoms with Crippen molar-refractivity contribution >= 4 is 40.8 Å². The van der Waals surface area contributed by atoms with Crippen LogP contribution in [0.4, 0.5) is 5.69 Å². The molecule has 0 amide bonds. The number of aromatic hydroxyl groups is 1. The van der Waals surface area contributed by atoms with E-state index < -0.39 is 0 Å². The molecule has 0 fully saturated rings. The molecule has 0 aliphatic rings. The summed E-state index contributed by atoms with van der Waals surface area (Å²) in [7, 11) is 1.80. The lowest BCUT2D eigenvalue weighted by Crippen LogP contribution is -2.28. The number of halogens is 1. The van der Waals surface area contributed by atoms with E-state index in [9.17, 15) is 9.90 Å². The molecular formula is C19H18ClN5O2S.